The summed E-state index contributed by atoms with van der Waals surface area (Å²) in [5.41, 5.74) is 0. The molecule has 0 aromatic rings. The van der Waals surface area contributed by atoms with Crippen molar-refractivity contribution in [2.24, 2.45) is 0 Å². The van der Waals surface area contributed by atoms with Crippen LogP contribution in [0.3, 0.4) is 0 Å². The molecule has 1 amide bonds. The van der Waals surface area contributed by atoms with Gasteiger partial charge in [-0.3, -0.25) is 4.79 Å². The zero-order chi connectivity index (χ0) is 11.3. The molecule has 0 aliphatic carbocycles. The molecule has 1 atom stereocenters. The van der Waals surface area contributed by atoms with E-state index >= 15 is 0 Å². The van der Waals surface area contributed by atoms with Crippen LogP contribution in [0.25, 0.3) is 0 Å². The van der Waals surface area contributed by atoms with Crippen LogP contribution in [0.2, 0.25) is 0 Å². The predicted molar refractivity (Wildman–Crippen MR) is 59.6 cm³/mol. The van der Waals surface area contributed by atoms with Crippen LogP contribution in [0.4, 0.5) is 0 Å². The third-order valence-corrected chi connectivity index (χ3v) is 2.85. The summed E-state index contributed by atoms with van der Waals surface area (Å²) >= 11 is 0. The third-order valence-electron chi connectivity index (χ3n) is 2.85. The fraction of sp³-hybridized carbons (Fsp3) is 0.909. The van der Waals surface area contributed by atoms with Crippen molar-refractivity contribution >= 4 is 5.91 Å². The van der Waals surface area contributed by atoms with Crippen molar-refractivity contribution in [3.63, 3.8) is 0 Å². The maximum Gasteiger partial charge on any atom is 0.222 e. The first-order chi connectivity index (χ1) is 7.09. The van der Waals surface area contributed by atoms with Crippen LogP contribution >= 0.6 is 0 Å². The second-order valence-electron chi connectivity index (χ2n) is 4.43. The van der Waals surface area contributed by atoms with Crippen molar-refractivity contribution in [2.45, 2.75) is 32.3 Å². The molecule has 0 aromatic carbocycles. The van der Waals surface area contributed by atoms with Crippen molar-refractivity contribution in [1.82, 2.24) is 9.80 Å². The summed E-state index contributed by atoms with van der Waals surface area (Å²) < 4.78 is 0. The summed E-state index contributed by atoms with van der Waals surface area (Å²) in [6.45, 7) is 5.45. The van der Waals surface area contributed by atoms with E-state index in [9.17, 15) is 4.79 Å². The van der Waals surface area contributed by atoms with Gasteiger partial charge >= 0.3 is 0 Å². The van der Waals surface area contributed by atoms with Gasteiger partial charge in [0.15, 0.2) is 0 Å². The number of hydrogen-bond donors (Lipinski definition) is 1. The summed E-state index contributed by atoms with van der Waals surface area (Å²) in [7, 11) is 2.09. The van der Waals surface area contributed by atoms with Crippen molar-refractivity contribution in [3.05, 3.63) is 0 Å². The van der Waals surface area contributed by atoms with E-state index in [1.807, 2.05) is 4.90 Å². The van der Waals surface area contributed by atoms with Crippen LogP contribution in [-0.4, -0.2) is 60.1 Å². The second kappa shape index (κ2) is 6.08. The number of amides is 1. The lowest BCUT2D eigenvalue weighted by Crippen LogP contribution is -2.34. The van der Waals surface area contributed by atoms with Crippen molar-refractivity contribution in [1.29, 1.82) is 0 Å². The minimum Gasteiger partial charge on any atom is -0.393 e. The minimum absolute atomic E-state index is 0.186. The summed E-state index contributed by atoms with van der Waals surface area (Å²) in [5.74, 6) is 0.186. The van der Waals surface area contributed by atoms with Gasteiger partial charge < -0.3 is 14.9 Å². The van der Waals surface area contributed by atoms with Crippen molar-refractivity contribution in [3.8, 4) is 0 Å². The Hall–Kier alpha value is -0.610. The lowest BCUT2D eigenvalue weighted by molar-refractivity contribution is -0.131. The fourth-order valence-electron chi connectivity index (χ4n) is 1.79. The van der Waals surface area contributed by atoms with Gasteiger partial charge in [-0.1, -0.05) is 0 Å². The van der Waals surface area contributed by atoms with Gasteiger partial charge in [0.05, 0.1) is 6.10 Å². The van der Waals surface area contributed by atoms with Gasteiger partial charge in [0.1, 0.15) is 0 Å². The highest BCUT2D eigenvalue weighted by atomic mass is 16.3. The first-order valence-corrected chi connectivity index (χ1v) is 5.74. The van der Waals surface area contributed by atoms with Crippen LogP contribution in [0.15, 0.2) is 0 Å². The fourth-order valence-corrected chi connectivity index (χ4v) is 1.79. The van der Waals surface area contributed by atoms with Gasteiger partial charge in [-0.05, 0) is 33.4 Å². The van der Waals surface area contributed by atoms with E-state index in [1.165, 1.54) is 0 Å². The van der Waals surface area contributed by atoms with Gasteiger partial charge in [-0.2, -0.15) is 0 Å². The molecule has 0 saturated carbocycles. The molecule has 1 unspecified atom stereocenters. The molecular weight excluding hydrogens is 192 g/mol. The quantitative estimate of drug-likeness (QED) is 0.735. The number of rotatable bonds is 3. The molecular formula is C11H22N2O2. The molecule has 0 radical (unpaired) electrons. The molecule has 1 rings (SSSR count). The summed E-state index contributed by atoms with van der Waals surface area (Å²) in [6.07, 6.45) is 1.73. The van der Waals surface area contributed by atoms with Crippen LogP contribution in [0, 0.1) is 0 Å². The van der Waals surface area contributed by atoms with Crippen LogP contribution < -0.4 is 0 Å². The van der Waals surface area contributed by atoms with Gasteiger partial charge in [-0.25, -0.2) is 0 Å². The van der Waals surface area contributed by atoms with Crippen LogP contribution in [-0.2, 0) is 4.79 Å². The molecule has 4 nitrogen and oxygen atoms in total. The molecule has 4 heteroatoms. The van der Waals surface area contributed by atoms with E-state index < -0.39 is 0 Å². The first-order valence-electron chi connectivity index (χ1n) is 5.74. The molecule has 1 fully saturated rings. The number of hydrogen-bond acceptors (Lipinski definition) is 3. The zero-order valence-electron chi connectivity index (χ0n) is 9.78. The second-order valence-corrected chi connectivity index (χ2v) is 4.43. The first kappa shape index (κ1) is 12.5. The van der Waals surface area contributed by atoms with Gasteiger partial charge in [-0.15, -0.1) is 0 Å². The topological polar surface area (TPSA) is 43.8 Å². The van der Waals surface area contributed by atoms with Crippen molar-refractivity contribution < 1.29 is 9.90 Å². The van der Waals surface area contributed by atoms with Crippen LogP contribution in [0.1, 0.15) is 26.2 Å². The Morgan fingerprint density at radius 1 is 1.33 bits per heavy atom. The standard InChI is InChI=1S/C11H22N2O2/c1-10(14)4-5-11(15)13-7-3-6-12(2)8-9-13/h10,14H,3-9H2,1-2H3. The van der Waals surface area contributed by atoms with E-state index in [4.69, 9.17) is 5.11 Å². The number of aliphatic hydroxyl groups excluding tert-OH is 1. The van der Waals surface area contributed by atoms with E-state index in [-0.39, 0.29) is 12.0 Å². The van der Waals surface area contributed by atoms with E-state index in [0.29, 0.717) is 12.8 Å². The average molecular weight is 214 g/mol. The highest BCUT2D eigenvalue weighted by Gasteiger charge is 2.17. The Kier molecular flexibility index (Phi) is 5.05. The monoisotopic (exact) mass is 214 g/mol. The molecule has 1 heterocycles. The molecule has 88 valence electrons. The van der Waals surface area contributed by atoms with Gasteiger partial charge in [0, 0.05) is 26.1 Å². The van der Waals surface area contributed by atoms with Crippen molar-refractivity contribution in [2.75, 3.05) is 33.2 Å². The molecule has 1 N–H and O–H groups in total. The maximum atomic E-state index is 11.8. The smallest absolute Gasteiger partial charge is 0.222 e. The number of carbonyl (C=O) groups excluding carboxylic acids is 1. The molecule has 1 aliphatic heterocycles. The average Bonchev–Trinajstić information content (AvgIpc) is 2.39. The Morgan fingerprint density at radius 2 is 2.07 bits per heavy atom. The summed E-state index contributed by atoms with van der Waals surface area (Å²) in [6, 6.07) is 0. The van der Waals surface area contributed by atoms with E-state index in [0.717, 1.165) is 32.6 Å². The zero-order valence-corrected chi connectivity index (χ0v) is 9.78. The molecule has 1 saturated heterocycles. The number of nitrogens with zero attached hydrogens (tertiary/aromatic N) is 2. The summed E-state index contributed by atoms with van der Waals surface area (Å²) in [5, 5.41) is 9.12. The number of aliphatic hydroxyl groups is 1. The van der Waals surface area contributed by atoms with Crippen LogP contribution in [0.5, 0.6) is 0 Å². The molecule has 0 bridgehead atoms. The maximum absolute atomic E-state index is 11.8. The molecule has 0 aromatic heterocycles. The Bertz CT molecular complexity index is 207. The van der Waals surface area contributed by atoms with Gasteiger partial charge in [0.25, 0.3) is 0 Å². The van der Waals surface area contributed by atoms with E-state index in [1.54, 1.807) is 6.92 Å². The minimum atomic E-state index is -0.372. The van der Waals surface area contributed by atoms with Gasteiger partial charge in [0.2, 0.25) is 5.91 Å². The Labute approximate surface area is 91.9 Å². The third kappa shape index (κ3) is 4.62. The normalized spacial score (nSPS) is 21.1. The molecule has 0 spiro atoms. The molecule has 15 heavy (non-hydrogen) atoms. The number of carbonyl (C=O) groups is 1. The summed E-state index contributed by atoms with van der Waals surface area (Å²) in [4.78, 5) is 15.9. The largest absolute Gasteiger partial charge is 0.393 e. The lowest BCUT2D eigenvalue weighted by Gasteiger charge is -2.20. The number of likely N-dealkylation sites (N-methyl/N-ethyl adjacent to an activating group) is 1. The molecule has 1 aliphatic rings. The van der Waals surface area contributed by atoms with E-state index in [2.05, 4.69) is 11.9 Å². The Morgan fingerprint density at radius 3 is 2.73 bits per heavy atom. The lowest BCUT2D eigenvalue weighted by atomic mass is 10.2. The SMILES string of the molecule is CC(O)CCC(=O)N1CCCN(C)CC1. The highest BCUT2D eigenvalue weighted by molar-refractivity contribution is 5.76. The highest BCUT2D eigenvalue weighted by Crippen LogP contribution is 2.06. The predicted octanol–water partition coefficient (Wildman–Crippen LogP) is 0.312. The Balaban J connectivity index is 2.31.